The van der Waals surface area contributed by atoms with Crippen molar-refractivity contribution in [3.63, 3.8) is 0 Å². The number of hydrogen-bond donors (Lipinski definition) is 2. The molecule has 0 atom stereocenters. The van der Waals surface area contributed by atoms with Crippen molar-refractivity contribution in [1.29, 1.82) is 0 Å². The summed E-state index contributed by atoms with van der Waals surface area (Å²) in [5, 5.41) is 11.9. The van der Waals surface area contributed by atoms with E-state index >= 15 is 0 Å². The number of anilines is 1. The highest BCUT2D eigenvalue weighted by molar-refractivity contribution is 5.94. The number of rotatable bonds is 3. The third-order valence-electron chi connectivity index (χ3n) is 3.88. The Labute approximate surface area is 132 Å². The number of nitrogens with one attached hydrogen (secondary N) is 2. The zero-order valence-electron chi connectivity index (χ0n) is 12.6. The van der Waals surface area contributed by atoms with Crippen molar-refractivity contribution in [3.05, 3.63) is 54.5 Å². The predicted octanol–water partition coefficient (Wildman–Crippen LogP) is 2.86. The molecule has 4 rings (SSSR count). The van der Waals surface area contributed by atoms with E-state index in [1.807, 2.05) is 54.1 Å². The lowest BCUT2D eigenvalue weighted by Gasteiger charge is -2.07. The second-order valence-corrected chi connectivity index (χ2v) is 5.49. The molecule has 0 bridgehead atoms. The molecule has 1 amide bonds. The maximum absolute atomic E-state index is 12.3. The van der Waals surface area contributed by atoms with Gasteiger partial charge in [-0.3, -0.25) is 9.89 Å². The first-order valence-corrected chi connectivity index (χ1v) is 7.35. The number of hydrogen-bond acceptors (Lipinski definition) is 3. The van der Waals surface area contributed by atoms with E-state index in [0.717, 1.165) is 22.0 Å². The van der Waals surface area contributed by atoms with Crippen molar-refractivity contribution in [2.24, 2.45) is 0 Å². The summed E-state index contributed by atoms with van der Waals surface area (Å²) in [6, 6.07) is 11.9. The van der Waals surface area contributed by atoms with Gasteiger partial charge in [0, 0.05) is 22.8 Å². The fourth-order valence-corrected chi connectivity index (χ4v) is 2.72. The summed E-state index contributed by atoms with van der Waals surface area (Å²) in [5.74, 6) is -0.0892. The maximum atomic E-state index is 12.3. The van der Waals surface area contributed by atoms with Crippen LogP contribution in [0.5, 0.6) is 0 Å². The van der Waals surface area contributed by atoms with Crippen molar-refractivity contribution in [2.75, 3.05) is 5.32 Å². The third kappa shape index (κ3) is 2.44. The number of para-hydroxylation sites is 1. The number of fused-ring (bicyclic) bond motifs is 2. The molecule has 0 unspecified atom stereocenters. The van der Waals surface area contributed by atoms with Crippen LogP contribution in [0.25, 0.3) is 21.9 Å². The molecule has 1 aromatic carbocycles. The molecule has 6 heteroatoms. The van der Waals surface area contributed by atoms with E-state index in [-0.39, 0.29) is 12.5 Å². The molecule has 0 aliphatic carbocycles. The van der Waals surface area contributed by atoms with Crippen LogP contribution in [-0.4, -0.2) is 25.7 Å². The average Bonchev–Trinajstić information content (AvgIpc) is 3.12. The van der Waals surface area contributed by atoms with Crippen molar-refractivity contribution in [1.82, 2.24) is 19.7 Å². The minimum atomic E-state index is -0.0892. The average molecular weight is 305 g/mol. The van der Waals surface area contributed by atoms with Crippen LogP contribution in [-0.2, 0) is 11.3 Å². The Balaban J connectivity index is 1.56. The lowest BCUT2D eigenvalue weighted by molar-refractivity contribution is -0.116. The first-order chi connectivity index (χ1) is 11.2. The predicted molar refractivity (Wildman–Crippen MR) is 89.2 cm³/mol. The molecule has 2 N–H and O–H groups in total. The lowest BCUT2D eigenvalue weighted by atomic mass is 10.2. The fraction of sp³-hybridized carbons (Fsp3) is 0.118. The largest absolute Gasteiger partial charge is 0.338 e. The van der Waals surface area contributed by atoms with Gasteiger partial charge in [-0.25, -0.2) is 4.98 Å². The van der Waals surface area contributed by atoms with Crippen LogP contribution in [0.15, 0.2) is 48.8 Å². The van der Waals surface area contributed by atoms with Gasteiger partial charge in [0.1, 0.15) is 6.54 Å². The van der Waals surface area contributed by atoms with E-state index in [4.69, 9.17) is 0 Å². The van der Waals surface area contributed by atoms with Crippen molar-refractivity contribution < 1.29 is 4.79 Å². The zero-order chi connectivity index (χ0) is 15.8. The Bertz CT molecular complexity index is 1010. The summed E-state index contributed by atoms with van der Waals surface area (Å²) in [7, 11) is 0. The van der Waals surface area contributed by atoms with Gasteiger partial charge < -0.3 is 9.88 Å². The van der Waals surface area contributed by atoms with Crippen LogP contribution in [0.2, 0.25) is 0 Å². The van der Waals surface area contributed by atoms with Crippen LogP contribution in [0.1, 0.15) is 5.69 Å². The Morgan fingerprint density at radius 1 is 1.30 bits per heavy atom. The van der Waals surface area contributed by atoms with Crippen LogP contribution >= 0.6 is 0 Å². The van der Waals surface area contributed by atoms with Crippen molar-refractivity contribution in [2.45, 2.75) is 13.5 Å². The molecule has 3 heterocycles. The number of aromatic nitrogens is 4. The third-order valence-corrected chi connectivity index (χ3v) is 3.88. The van der Waals surface area contributed by atoms with Gasteiger partial charge >= 0.3 is 0 Å². The summed E-state index contributed by atoms with van der Waals surface area (Å²) in [4.78, 5) is 16.5. The summed E-state index contributed by atoms with van der Waals surface area (Å²) in [6.07, 6.45) is 3.54. The number of nitrogens with zero attached hydrogens (tertiary/aromatic N) is 3. The molecule has 0 saturated carbocycles. The van der Waals surface area contributed by atoms with Crippen LogP contribution in [0.4, 0.5) is 5.69 Å². The molecule has 0 fully saturated rings. The Hall–Kier alpha value is -3.15. The van der Waals surface area contributed by atoms with Crippen LogP contribution in [0.3, 0.4) is 0 Å². The first kappa shape index (κ1) is 13.5. The Morgan fingerprint density at radius 3 is 3.09 bits per heavy atom. The number of aromatic amines is 1. The molecule has 6 nitrogen and oxygen atoms in total. The molecule has 0 aliphatic heterocycles. The fourth-order valence-electron chi connectivity index (χ4n) is 2.72. The Kier molecular flexibility index (Phi) is 3.08. The molecule has 23 heavy (non-hydrogen) atoms. The van der Waals surface area contributed by atoms with E-state index in [9.17, 15) is 4.79 Å². The van der Waals surface area contributed by atoms with E-state index < -0.39 is 0 Å². The van der Waals surface area contributed by atoms with Crippen molar-refractivity contribution in [3.8, 4) is 0 Å². The highest BCUT2D eigenvalue weighted by Gasteiger charge is 2.09. The zero-order valence-corrected chi connectivity index (χ0v) is 12.6. The summed E-state index contributed by atoms with van der Waals surface area (Å²) >= 11 is 0. The summed E-state index contributed by atoms with van der Waals surface area (Å²) in [6.45, 7) is 2.19. The SMILES string of the molecule is Cc1[nH]nc2ncc(NC(=O)Cn3ccc4ccccc43)cc12. The number of amides is 1. The molecule has 3 aromatic heterocycles. The van der Waals surface area contributed by atoms with Crippen LogP contribution < -0.4 is 5.32 Å². The second kappa shape index (κ2) is 5.24. The van der Waals surface area contributed by atoms with E-state index in [1.165, 1.54) is 0 Å². The standard InChI is InChI=1S/C17H15N5O/c1-11-14-8-13(9-18-17(14)21-20-11)19-16(23)10-22-7-6-12-4-2-3-5-15(12)22/h2-9H,10H2,1H3,(H,19,23)(H,18,20,21). The number of carbonyl (C=O) groups is 1. The number of benzene rings is 1. The molecule has 0 radical (unpaired) electrons. The molecular formula is C17H15N5O. The smallest absolute Gasteiger partial charge is 0.244 e. The highest BCUT2D eigenvalue weighted by atomic mass is 16.1. The lowest BCUT2D eigenvalue weighted by Crippen LogP contribution is -2.18. The quantitative estimate of drug-likeness (QED) is 0.611. The van der Waals surface area contributed by atoms with Gasteiger partial charge in [-0.2, -0.15) is 5.10 Å². The van der Waals surface area contributed by atoms with Gasteiger partial charge in [0.2, 0.25) is 5.91 Å². The van der Waals surface area contributed by atoms with Gasteiger partial charge in [0.15, 0.2) is 5.65 Å². The number of carbonyl (C=O) groups excluding carboxylic acids is 1. The maximum Gasteiger partial charge on any atom is 0.244 e. The van der Waals surface area contributed by atoms with Gasteiger partial charge in [0.25, 0.3) is 0 Å². The normalized spacial score (nSPS) is 11.2. The second-order valence-electron chi connectivity index (χ2n) is 5.49. The minimum absolute atomic E-state index is 0.0892. The summed E-state index contributed by atoms with van der Waals surface area (Å²) in [5.41, 5.74) is 3.29. The van der Waals surface area contributed by atoms with E-state index in [1.54, 1.807) is 6.20 Å². The molecule has 0 aliphatic rings. The van der Waals surface area contributed by atoms with Crippen molar-refractivity contribution >= 4 is 33.5 Å². The summed E-state index contributed by atoms with van der Waals surface area (Å²) < 4.78 is 1.93. The van der Waals surface area contributed by atoms with E-state index in [0.29, 0.717) is 11.3 Å². The monoisotopic (exact) mass is 305 g/mol. The van der Waals surface area contributed by atoms with Gasteiger partial charge in [-0.15, -0.1) is 0 Å². The molecular weight excluding hydrogens is 290 g/mol. The molecule has 0 spiro atoms. The number of pyridine rings is 1. The van der Waals surface area contributed by atoms with Crippen LogP contribution in [0, 0.1) is 6.92 Å². The topological polar surface area (TPSA) is 75.6 Å². The minimum Gasteiger partial charge on any atom is -0.338 e. The molecule has 0 saturated heterocycles. The van der Waals surface area contributed by atoms with Gasteiger partial charge in [-0.1, -0.05) is 18.2 Å². The van der Waals surface area contributed by atoms with Gasteiger partial charge in [-0.05, 0) is 30.5 Å². The van der Waals surface area contributed by atoms with E-state index in [2.05, 4.69) is 20.5 Å². The van der Waals surface area contributed by atoms with Gasteiger partial charge in [0.05, 0.1) is 11.9 Å². The molecule has 4 aromatic rings. The number of aryl methyl sites for hydroxylation is 1. The molecule has 114 valence electrons. The Morgan fingerprint density at radius 2 is 2.17 bits per heavy atom. The highest BCUT2D eigenvalue weighted by Crippen LogP contribution is 2.18. The first-order valence-electron chi connectivity index (χ1n) is 7.35. The number of H-pyrrole nitrogens is 1.